The van der Waals surface area contributed by atoms with Crippen molar-refractivity contribution < 1.29 is 77.7 Å². The fourth-order valence-corrected chi connectivity index (χ4v) is 10.5. The van der Waals surface area contributed by atoms with Gasteiger partial charge in [0.15, 0.2) is 17.3 Å². The second-order valence-corrected chi connectivity index (χ2v) is 24.7. The minimum absolute atomic E-state index is 0.0276. The number of carbonyl (C=O) groups is 8. The minimum atomic E-state index is -1.04. The van der Waals surface area contributed by atoms with Crippen LogP contribution in [0.5, 0.6) is 5.75 Å². The van der Waals surface area contributed by atoms with Crippen LogP contribution in [-0.2, 0) is 63.7 Å². The van der Waals surface area contributed by atoms with Crippen LogP contribution in [0.15, 0.2) is 36.5 Å². The van der Waals surface area contributed by atoms with Gasteiger partial charge in [0, 0.05) is 70.0 Å². The van der Waals surface area contributed by atoms with Crippen molar-refractivity contribution in [3.05, 3.63) is 42.1 Å². The number of primary amides is 1. The van der Waals surface area contributed by atoms with Gasteiger partial charge in [0.1, 0.15) is 25.0 Å². The van der Waals surface area contributed by atoms with Crippen LogP contribution in [0.1, 0.15) is 206 Å². The quantitative estimate of drug-likeness (QED) is 0.0174. The van der Waals surface area contributed by atoms with Gasteiger partial charge in [0.25, 0.3) is 0 Å². The van der Waals surface area contributed by atoms with Crippen LogP contribution in [-0.4, -0.2) is 188 Å². The van der Waals surface area contributed by atoms with Crippen LogP contribution in [0.2, 0.25) is 0 Å². The number of carboxylic acid groups (broad SMARTS) is 2. The van der Waals surface area contributed by atoms with Crippen LogP contribution < -0.4 is 32.7 Å². The number of nitrogens with zero attached hydrogens (tertiary/aromatic N) is 1. The Bertz CT molecular complexity index is 2240. The van der Waals surface area contributed by atoms with E-state index in [1.807, 2.05) is 13.8 Å². The number of hydrogen-bond donors (Lipinski definition) is 11. The number of phenols is 1. The molecule has 1 aromatic carbocycles. The first-order chi connectivity index (χ1) is 44.1. The molecule has 1 aromatic rings. The number of amides is 3. The number of likely N-dealkylation sites (N-methyl/N-ethyl adjacent to an activating group) is 1. The maximum atomic E-state index is 14.0. The topological polar surface area (TPSA) is 382 Å². The molecule has 3 amide bonds. The number of unbranched alkanes of at least 4 members (excludes halogenated alkanes) is 15. The van der Waals surface area contributed by atoms with E-state index in [-0.39, 0.29) is 151 Å². The Morgan fingerprint density at radius 2 is 1.15 bits per heavy atom. The van der Waals surface area contributed by atoms with Crippen molar-refractivity contribution in [2.24, 2.45) is 23.3 Å². The number of allylic oxidation sites excluding steroid dienone is 1. The monoisotopic (exact) mass is 1300 g/mol. The number of carbonyl (C=O) groups excluding carboxylic acids is 6. The number of rotatable bonds is 65. The average Bonchev–Trinajstić information content (AvgIpc) is 1.13. The molecule has 1 rings (SSSR count). The number of benzene rings is 1. The molecule has 1 unspecified atom stereocenters. The molecular formula is C68H118N8O16. The van der Waals surface area contributed by atoms with Crippen molar-refractivity contribution in [1.29, 1.82) is 5.41 Å². The number of aromatic hydroxyl groups is 1. The Labute approximate surface area is 548 Å². The Balaban J connectivity index is 2.26. The number of ketones is 3. The highest BCUT2D eigenvalue weighted by atomic mass is 16.5. The molecule has 0 spiro atoms. The van der Waals surface area contributed by atoms with E-state index in [0.717, 1.165) is 44.1 Å². The molecule has 24 heteroatoms. The molecule has 5 atom stereocenters. The zero-order chi connectivity index (χ0) is 68.2. The van der Waals surface area contributed by atoms with Crippen LogP contribution in [0.4, 0.5) is 0 Å². The summed E-state index contributed by atoms with van der Waals surface area (Å²) in [5.41, 5.74) is 12.7. The van der Waals surface area contributed by atoms with Crippen LogP contribution in [0, 0.1) is 17.2 Å². The van der Waals surface area contributed by atoms with E-state index in [2.05, 4.69) is 27.8 Å². The highest BCUT2D eigenvalue weighted by molar-refractivity contribution is 5.91. The summed E-state index contributed by atoms with van der Waals surface area (Å²) in [5.74, 6) is -3.99. The number of Topliss-reactive ketones (excluding diaryl/α,β-unsaturated/α-hetero) is 3. The molecule has 0 fully saturated rings. The van der Waals surface area contributed by atoms with Gasteiger partial charge in [-0.2, -0.15) is 0 Å². The number of carboxylic acids is 2. The van der Waals surface area contributed by atoms with E-state index in [0.29, 0.717) is 83.1 Å². The molecule has 0 aliphatic carbocycles. The number of aliphatic hydroxyl groups excluding tert-OH is 1. The highest BCUT2D eigenvalue weighted by Gasteiger charge is 2.31. The van der Waals surface area contributed by atoms with Gasteiger partial charge in [-0.25, -0.2) is 4.79 Å². The number of nitrogens with two attached hydrogens (primary N) is 2. The first-order valence-corrected chi connectivity index (χ1v) is 33.9. The second kappa shape index (κ2) is 54.5. The molecule has 92 heavy (non-hydrogen) atoms. The van der Waals surface area contributed by atoms with Gasteiger partial charge in [-0.3, -0.25) is 43.9 Å². The number of nitrogens with one attached hydrogen (secondary N) is 5. The van der Waals surface area contributed by atoms with Gasteiger partial charge in [0.2, 0.25) is 17.7 Å². The predicted octanol–water partition coefficient (Wildman–Crippen LogP) is 7.21. The first-order valence-electron chi connectivity index (χ1n) is 33.9. The normalized spacial score (nSPS) is 13.1. The SMILES string of the molecule is C=C(CCCCCCCCCCCCCCCCC(=O)O)N[C@@H](CCC(=O)NCCOCCOCC(=O)CCCOCCOCC(=O)NCCCC[C@H](NCC(O)CC(C)C)C(=O)CN(C)[C@@H](CCCCC(=N)N)C(=O)C[C@@H](Cc1ccc(O)cc1)C(N)=O)C(=O)O. The van der Waals surface area contributed by atoms with Crippen molar-refractivity contribution in [3.8, 4) is 5.75 Å². The smallest absolute Gasteiger partial charge is 0.326 e. The third kappa shape index (κ3) is 47.9. The van der Waals surface area contributed by atoms with Crippen molar-refractivity contribution in [3.63, 3.8) is 0 Å². The number of ether oxygens (including phenoxy) is 4. The van der Waals surface area contributed by atoms with E-state index in [9.17, 15) is 53.7 Å². The molecule has 24 nitrogen and oxygen atoms in total. The third-order valence-electron chi connectivity index (χ3n) is 15.7. The van der Waals surface area contributed by atoms with Crippen molar-refractivity contribution >= 4 is 52.8 Å². The maximum absolute atomic E-state index is 14.0. The zero-order valence-electron chi connectivity index (χ0n) is 56.0. The molecule has 0 saturated carbocycles. The Kier molecular flexibility index (Phi) is 49.8. The summed E-state index contributed by atoms with van der Waals surface area (Å²) >= 11 is 0. The molecule has 0 aliphatic heterocycles. The van der Waals surface area contributed by atoms with Gasteiger partial charge in [-0.05, 0) is 108 Å². The number of hydrogen-bond acceptors (Lipinski definition) is 18. The fourth-order valence-electron chi connectivity index (χ4n) is 10.5. The third-order valence-corrected chi connectivity index (χ3v) is 15.7. The Morgan fingerprint density at radius 3 is 1.74 bits per heavy atom. The standard InChI is InChI=1S/C68H118N8O16/c1-51(2)44-57(79)47-74-58(62(81)48-76(4)60(27-19-20-28-63(69)70)61(80)46-54(67(71)86)45-53-30-32-55(77)33-31-53)26-21-22-36-72-65(83)50-92-43-40-89-38-23-25-56(78)49-91-42-41-90-39-37-73-64(82)35-34-59(68(87)88)75-52(3)24-17-15-13-11-9-7-5-6-8-10-12-14-16-18-29-66(84)85/h30-33,51,54,57-60,74-75,77,79H,3,5-29,34-50H2,1-2,4H3,(H3,69,70)(H2,71,86)(H,72,83)(H,73,82)(H,84,85)(H,87,88)/t54-,57?,58+,59+,60+/m1/s1. The summed E-state index contributed by atoms with van der Waals surface area (Å²) in [5, 5.41) is 58.2. The average molecular weight is 1300 g/mol. The largest absolute Gasteiger partial charge is 0.508 e. The second-order valence-electron chi connectivity index (χ2n) is 24.7. The zero-order valence-corrected chi connectivity index (χ0v) is 56.0. The van der Waals surface area contributed by atoms with Crippen LogP contribution in [0.3, 0.4) is 0 Å². The number of aliphatic carboxylic acids is 2. The Morgan fingerprint density at radius 1 is 0.598 bits per heavy atom. The fraction of sp³-hybridized carbons (Fsp3) is 0.750. The summed E-state index contributed by atoms with van der Waals surface area (Å²) in [6.45, 7) is 9.77. The van der Waals surface area contributed by atoms with Gasteiger partial charge >= 0.3 is 11.9 Å². The molecule has 526 valence electrons. The molecule has 0 aromatic heterocycles. The maximum Gasteiger partial charge on any atom is 0.326 e. The first kappa shape index (κ1) is 84.1. The summed E-state index contributed by atoms with van der Waals surface area (Å²) in [4.78, 5) is 102. The lowest BCUT2D eigenvalue weighted by atomic mass is 9.89. The van der Waals surface area contributed by atoms with Crippen molar-refractivity contribution in [1.82, 2.24) is 26.2 Å². The molecule has 0 saturated heterocycles. The van der Waals surface area contributed by atoms with Crippen molar-refractivity contribution in [2.75, 3.05) is 86.1 Å². The summed E-state index contributed by atoms with van der Waals surface area (Å²) in [6.07, 6.45) is 20.9. The van der Waals surface area contributed by atoms with E-state index in [1.165, 1.54) is 63.5 Å². The summed E-state index contributed by atoms with van der Waals surface area (Å²) in [7, 11) is 1.69. The highest BCUT2D eigenvalue weighted by Crippen LogP contribution is 2.21. The van der Waals surface area contributed by atoms with Crippen molar-refractivity contribution in [2.45, 2.75) is 231 Å². The van der Waals surface area contributed by atoms with Crippen LogP contribution >= 0.6 is 0 Å². The van der Waals surface area contributed by atoms with Gasteiger partial charge in [0.05, 0.1) is 63.6 Å². The summed E-state index contributed by atoms with van der Waals surface area (Å²) < 4.78 is 21.9. The van der Waals surface area contributed by atoms with Gasteiger partial charge < -0.3 is 72.1 Å². The Hall–Kier alpha value is -5.89. The molecule has 0 radical (unpaired) electrons. The van der Waals surface area contributed by atoms with Gasteiger partial charge in [-0.1, -0.05) is 116 Å². The van der Waals surface area contributed by atoms with E-state index in [4.69, 9.17) is 40.9 Å². The minimum Gasteiger partial charge on any atom is -0.508 e. The van der Waals surface area contributed by atoms with E-state index >= 15 is 0 Å². The molecule has 0 aliphatic rings. The van der Waals surface area contributed by atoms with Gasteiger partial charge in [-0.15, -0.1) is 0 Å². The molecular weight excluding hydrogens is 1180 g/mol. The predicted molar refractivity (Wildman–Crippen MR) is 355 cm³/mol. The van der Waals surface area contributed by atoms with E-state index < -0.39 is 48.0 Å². The molecule has 13 N–H and O–H groups in total. The lowest BCUT2D eigenvalue weighted by Gasteiger charge is -2.29. The molecule has 0 heterocycles. The number of phenolic OH excluding ortho intramolecular Hbond substituents is 1. The number of amidine groups is 1. The molecule has 0 bridgehead atoms. The lowest BCUT2D eigenvalue weighted by Crippen LogP contribution is -2.48. The number of aliphatic hydroxyl groups is 1. The lowest BCUT2D eigenvalue weighted by molar-refractivity contribution is -0.140. The summed E-state index contributed by atoms with van der Waals surface area (Å²) in [6, 6.07) is 4.03. The van der Waals surface area contributed by atoms with Crippen LogP contribution in [0.25, 0.3) is 0 Å². The van der Waals surface area contributed by atoms with E-state index in [1.54, 1.807) is 24.1 Å².